The number of cyclic esters (lactones) is 1. The molecule has 4 rings (SSSR count). The predicted molar refractivity (Wildman–Crippen MR) is 161 cm³/mol. The van der Waals surface area contributed by atoms with Crippen LogP contribution in [0, 0.1) is 23.2 Å². The van der Waals surface area contributed by atoms with E-state index in [1.54, 1.807) is 32.2 Å². The fraction of sp³-hybridized carbons (Fsp3) is 0.735. The van der Waals surface area contributed by atoms with E-state index in [2.05, 4.69) is 6.92 Å². The number of fused-ring (bicyclic) bond motifs is 2. The van der Waals surface area contributed by atoms with Gasteiger partial charge in [0.2, 0.25) is 0 Å². The fourth-order valence-corrected chi connectivity index (χ4v) is 7.30. The molecule has 0 radical (unpaired) electrons. The van der Waals surface area contributed by atoms with E-state index in [0.717, 1.165) is 5.56 Å². The summed E-state index contributed by atoms with van der Waals surface area (Å²) in [6, 6.07) is 6.99. The lowest BCUT2D eigenvalue weighted by Crippen LogP contribution is -2.68. The van der Waals surface area contributed by atoms with E-state index < -0.39 is 71.7 Å². The van der Waals surface area contributed by atoms with Crippen molar-refractivity contribution in [3.8, 4) is 5.75 Å². The van der Waals surface area contributed by atoms with Gasteiger partial charge in [0, 0.05) is 37.7 Å². The third kappa shape index (κ3) is 7.64. The molecular formula is C34H50O11. The van der Waals surface area contributed by atoms with Crippen LogP contribution in [-0.2, 0) is 42.8 Å². The molecule has 1 aromatic rings. The van der Waals surface area contributed by atoms with Gasteiger partial charge >= 0.3 is 17.9 Å². The van der Waals surface area contributed by atoms with Crippen LogP contribution < -0.4 is 0 Å². The van der Waals surface area contributed by atoms with Crippen LogP contribution in [0.5, 0.6) is 5.75 Å². The van der Waals surface area contributed by atoms with Crippen molar-refractivity contribution in [2.75, 3.05) is 7.11 Å². The summed E-state index contributed by atoms with van der Waals surface area (Å²) in [5.74, 6) is -5.87. The van der Waals surface area contributed by atoms with Crippen LogP contribution in [-0.4, -0.2) is 71.2 Å². The zero-order chi connectivity index (χ0) is 33.3. The third-order valence-corrected chi connectivity index (χ3v) is 10.0. The highest BCUT2D eigenvalue weighted by atomic mass is 16.8. The van der Waals surface area contributed by atoms with Crippen LogP contribution in [0.2, 0.25) is 0 Å². The molecule has 10 atom stereocenters. The zero-order valence-corrected chi connectivity index (χ0v) is 27.7. The van der Waals surface area contributed by atoms with Crippen LogP contribution in [0.4, 0.5) is 0 Å². The summed E-state index contributed by atoms with van der Waals surface area (Å²) in [4.78, 5) is 38.3. The first-order chi connectivity index (χ1) is 21.0. The number of phenols is 1. The normalized spacial score (nSPS) is 35.4. The lowest BCUT2D eigenvalue weighted by atomic mass is 9.66. The number of aliphatic hydroxyl groups is 1. The highest BCUT2D eigenvalue weighted by Gasteiger charge is 2.64. The molecule has 252 valence electrons. The van der Waals surface area contributed by atoms with Crippen molar-refractivity contribution in [3.63, 3.8) is 0 Å². The summed E-state index contributed by atoms with van der Waals surface area (Å²) >= 11 is 0. The molecule has 11 nitrogen and oxygen atoms in total. The summed E-state index contributed by atoms with van der Waals surface area (Å²) in [7, 11) is 1.63. The molecule has 3 saturated heterocycles. The van der Waals surface area contributed by atoms with Gasteiger partial charge in [-0.2, -0.15) is 0 Å². The van der Waals surface area contributed by atoms with Gasteiger partial charge in [-0.05, 0) is 49.8 Å². The van der Waals surface area contributed by atoms with E-state index in [1.165, 1.54) is 6.92 Å². The number of benzene rings is 1. The first-order valence-corrected chi connectivity index (χ1v) is 16.0. The maximum absolute atomic E-state index is 13.4. The molecule has 3 heterocycles. The fourth-order valence-electron chi connectivity index (χ4n) is 7.30. The number of carbonyl (C=O) groups is 3. The minimum atomic E-state index is -1.92. The van der Waals surface area contributed by atoms with Gasteiger partial charge in [-0.25, -0.2) is 0 Å². The number of aromatic hydroxyl groups is 1. The number of esters is 3. The second-order valence-electron chi connectivity index (χ2n) is 14.0. The summed E-state index contributed by atoms with van der Waals surface area (Å²) in [5, 5.41) is 21.9. The standard InChI is InChI=1S/C34H50O11/c1-19(12-13-26(40-8)24-10-9-11-25(36)14-24)31-21(3)28-17-34(44-31)32(6,7)16-20(2)33(39,45-34)18-30(38)42-27(15-29(37)43-28)22(4)41-23(5)35/h9-11,14,19-22,26-28,31,36,39H,12-13,15-18H2,1-8H3/t19-,20-,21+,22+,26+,27-,28-,31-,33+,34-/m1/s1. The number of hydrogen-bond donors (Lipinski definition) is 2. The molecule has 1 aromatic carbocycles. The van der Waals surface area contributed by atoms with E-state index in [9.17, 15) is 24.6 Å². The first-order valence-electron chi connectivity index (χ1n) is 16.0. The average Bonchev–Trinajstić information content (AvgIpc) is 2.92. The van der Waals surface area contributed by atoms with E-state index in [4.69, 9.17) is 28.4 Å². The molecule has 0 unspecified atom stereocenters. The van der Waals surface area contributed by atoms with Gasteiger partial charge in [0.15, 0.2) is 11.6 Å². The topological polar surface area (TPSA) is 147 Å². The smallest absolute Gasteiger partial charge is 0.311 e. The summed E-state index contributed by atoms with van der Waals surface area (Å²) in [6.45, 7) is 12.6. The first kappa shape index (κ1) is 35.1. The molecule has 0 aliphatic carbocycles. The number of rotatable bonds is 8. The van der Waals surface area contributed by atoms with Gasteiger partial charge in [0.05, 0.1) is 25.0 Å². The van der Waals surface area contributed by atoms with Crippen LogP contribution in [0.1, 0.15) is 98.7 Å². The van der Waals surface area contributed by atoms with Crippen LogP contribution in [0.3, 0.4) is 0 Å². The molecular weight excluding hydrogens is 584 g/mol. The molecule has 3 bridgehead atoms. The van der Waals surface area contributed by atoms with Crippen molar-refractivity contribution in [3.05, 3.63) is 29.8 Å². The number of hydrogen-bond acceptors (Lipinski definition) is 11. The number of methoxy groups -OCH3 is 1. The van der Waals surface area contributed by atoms with Gasteiger partial charge in [0.1, 0.15) is 24.1 Å². The van der Waals surface area contributed by atoms with Crippen LogP contribution in [0.15, 0.2) is 24.3 Å². The molecule has 2 N–H and O–H groups in total. The molecule has 3 aliphatic rings. The Labute approximate surface area is 265 Å². The Balaban J connectivity index is 1.66. The summed E-state index contributed by atoms with van der Waals surface area (Å²) in [6.07, 6.45) is -2.24. The Morgan fingerprint density at radius 2 is 1.80 bits per heavy atom. The highest BCUT2D eigenvalue weighted by Crippen LogP contribution is 2.57. The third-order valence-electron chi connectivity index (χ3n) is 10.0. The number of carbonyl (C=O) groups excluding carboxylic acids is 3. The molecule has 1 spiro atoms. The van der Waals surface area contributed by atoms with Gasteiger partial charge < -0.3 is 38.6 Å². The molecule has 0 saturated carbocycles. The van der Waals surface area contributed by atoms with Crippen molar-refractivity contribution in [1.29, 1.82) is 0 Å². The van der Waals surface area contributed by atoms with Crippen molar-refractivity contribution < 1.29 is 53.0 Å². The van der Waals surface area contributed by atoms with E-state index in [-0.39, 0.29) is 36.5 Å². The highest BCUT2D eigenvalue weighted by molar-refractivity contribution is 5.74. The van der Waals surface area contributed by atoms with E-state index in [0.29, 0.717) is 19.3 Å². The van der Waals surface area contributed by atoms with Crippen LogP contribution >= 0.6 is 0 Å². The monoisotopic (exact) mass is 634 g/mol. The largest absolute Gasteiger partial charge is 0.508 e. The Morgan fingerprint density at radius 3 is 2.44 bits per heavy atom. The molecule has 45 heavy (non-hydrogen) atoms. The summed E-state index contributed by atoms with van der Waals surface area (Å²) in [5.41, 5.74) is 0.235. The Bertz CT molecular complexity index is 1230. The van der Waals surface area contributed by atoms with Crippen molar-refractivity contribution in [2.24, 2.45) is 23.2 Å². The zero-order valence-electron chi connectivity index (χ0n) is 27.7. The Kier molecular flexibility index (Phi) is 10.6. The molecule has 0 amide bonds. The molecule has 3 fully saturated rings. The summed E-state index contributed by atoms with van der Waals surface area (Å²) < 4.78 is 36.2. The van der Waals surface area contributed by atoms with Crippen molar-refractivity contribution in [1.82, 2.24) is 0 Å². The van der Waals surface area contributed by atoms with Gasteiger partial charge in [-0.3, -0.25) is 14.4 Å². The average molecular weight is 635 g/mol. The maximum Gasteiger partial charge on any atom is 0.311 e. The second-order valence-corrected chi connectivity index (χ2v) is 14.0. The second kappa shape index (κ2) is 13.6. The minimum Gasteiger partial charge on any atom is -0.508 e. The van der Waals surface area contributed by atoms with E-state index in [1.807, 2.05) is 33.8 Å². The molecule has 3 aliphatic heterocycles. The van der Waals surface area contributed by atoms with Crippen molar-refractivity contribution >= 4 is 17.9 Å². The Hall–Kier alpha value is -2.73. The van der Waals surface area contributed by atoms with Crippen LogP contribution in [0.25, 0.3) is 0 Å². The van der Waals surface area contributed by atoms with Gasteiger partial charge in [-0.15, -0.1) is 0 Å². The SMILES string of the molecule is CO[C@@H](CC[C@@H](C)[C@H]1O[C@]23C[C@@H](OC(=O)C[C@H]([C@H](C)OC(C)=O)OC(=O)C[C@](O)(O2)[C@H](C)CC3(C)C)[C@@H]1C)c1cccc(O)c1. The lowest BCUT2D eigenvalue weighted by molar-refractivity contribution is -0.452. The van der Waals surface area contributed by atoms with E-state index >= 15 is 0 Å². The Morgan fingerprint density at radius 1 is 1.09 bits per heavy atom. The van der Waals surface area contributed by atoms with Crippen molar-refractivity contribution in [2.45, 2.75) is 129 Å². The molecule has 11 heteroatoms. The number of phenolic OH excluding ortho intramolecular Hbond substituents is 1. The molecule has 0 aromatic heterocycles. The minimum absolute atomic E-state index is 0.0604. The van der Waals surface area contributed by atoms with Gasteiger partial charge in [-0.1, -0.05) is 46.8 Å². The quantitative estimate of drug-likeness (QED) is 0.295. The van der Waals surface area contributed by atoms with Gasteiger partial charge in [0.25, 0.3) is 0 Å². The number of ether oxygens (including phenoxy) is 6. The lowest BCUT2D eigenvalue weighted by Gasteiger charge is -2.61. The maximum atomic E-state index is 13.4. The predicted octanol–water partition coefficient (Wildman–Crippen LogP) is 4.96.